The van der Waals surface area contributed by atoms with Gasteiger partial charge in [-0.3, -0.25) is 4.79 Å². The molecule has 0 radical (unpaired) electrons. The summed E-state index contributed by atoms with van der Waals surface area (Å²) in [5, 5.41) is 5.32. The normalized spacial score (nSPS) is 11.0. The van der Waals surface area contributed by atoms with Crippen LogP contribution < -0.4 is 0 Å². The van der Waals surface area contributed by atoms with Gasteiger partial charge in [0.15, 0.2) is 6.29 Å². The van der Waals surface area contributed by atoms with Gasteiger partial charge in [-0.1, -0.05) is 25.2 Å². The van der Waals surface area contributed by atoms with Crippen molar-refractivity contribution in [2.24, 2.45) is 0 Å². The first kappa shape index (κ1) is 9.33. The molecule has 2 heterocycles. The van der Waals surface area contributed by atoms with Gasteiger partial charge in [0.2, 0.25) is 4.96 Å². The van der Waals surface area contributed by atoms with Crippen molar-refractivity contribution in [1.82, 2.24) is 14.6 Å². The number of rotatable bonds is 3. The van der Waals surface area contributed by atoms with Gasteiger partial charge in [-0.25, -0.2) is 4.98 Å². The second kappa shape index (κ2) is 3.49. The maximum atomic E-state index is 10.9. The maximum Gasteiger partial charge on any atom is 0.213 e. The fourth-order valence-corrected chi connectivity index (χ4v) is 2.23. The molecule has 0 amide bonds. The molecule has 0 unspecified atom stereocenters. The van der Waals surface area contributed by atoms with E-state index in [4.69, 9.17) is 0 Å². The lowest BCUT2D eigenvalue weighted by atomic mass is 10.3. The molecule has 2 aromatic heterocycles. The molecule has 5 heteroatoms. The summed E-state index contributed by atoms with van der Waals surface area (Å²) in [7, 11) is 0. The zero-order chi connectivity index (χ0) is 10.1. The summed E-state index contributed by atoms with van der Waals surface area (Å²) in [6.07, 6.45) is 2.48. The van der Waals surface area contributed by atoms with Crippen molar-refractivity contribution in [2.75, 3.05) is 0 Å². The summed E-state index contributed by atoms with van der Waals surface area (Å²) in [6, 6.07) is 0. The van der Waals surface area contributed by atoms with E-state index in [2.05, 4.69) is 10.1 Å². The number of aryl methyl sites for hydroxylation is 2. The van der Waals surface area contributed by atoms with Crippen molar-refractivity contribution >= 4 is 22.6 Å². The molecule has 0 atom stereocenters. The van der Waals surface area contributed by atoms with Crippen LogP contribution in [0.25, 0.3) is 4.96 Å². The number of aldehydes is 1. The lowest BCUT2D eigenvalue weighted by Crippen LogP contribution is -1.96. The van der Waals surface area contributed by atoms with Gasteiger partial charge < -0.3 is 0 Å². The van der Waals surface area contributed by atoms with Gasteiger partial charge >= 0.3 is 0 Å². The molecule has 0 saturated carbocycles. The minimum Gasteiger partial charge on any atom is -0.296 e. The molecule has 14 heavy (non-hydrogen) atoms. The highest BCUT2D eigenvalue weighted by molar-refractivity contribution is 7.16. The van der Waals surface area contributed by atoms with E-state index in [1.807, 2.05) is 13.8 Å². The van der Waals surface area contributed by atoms with E-state index in [-0.39, 0.29) is 0 Å². The van der Waals surface area contributed by atoms with Crippen molar-refractivity contribution in [2.45, 2.75) is 26.7 Å². The molecule has 0 aliphatic rings. The summed E-state index contributed by atoms with van der Waals surface area (Å²) >= 11 is 1.54. The first-order valence-corrected chi connectivity index (χ1v) is 5.44. The van der Waals surface area contributed by atoms with E-state index in [1.165, 1.54) is 0 Å². The van der Waals surface area contributed by atoms with Crippen LogP contribution in [0.15, 0.2) is 0 Å². The summed E-state index contributed by atoms with van der Waals surface area (Å²) in [6.45, 7) is 4.03. The van der Waals surface area contributed by atoms with Gasteiger partial charge in [-0.15, -0.1) is 0 Å². The zero-order valence-electron chi connectivity index (χ0n) is 8.15. The van der Waals surface area contributed by atoms with Gasteiger partial charge in [0.1, 0.15) is 10.7 Å². The summed E-state index contributed by atoms with van der Waals surface area (Å²) in [5.74, 6) is 0. The van der Waals surface area contributed by atoms with Crippen molar-refractivity contribution in [3.05, 3.63) is 16.4 Å². The number of hydrogen-bond acceptors (Lipinski definition) is 4. The van der Waals surface area contributed by atoms with Gasteiger partial charge in [0.05, 0.1) is 5.69 Å². The Morgan fingerprint density at radius 3 is 2.79 bits per heavy atom. The van der Waals surface area contributed by atoms with Crippen LogP contribution in [0.1, 0.15) is 35.0 Å². The fraction of sp³-hybridized carbons (Fsp3) is 0.444. The Labute approximate surface area is 85.6 Å². The van der Waals surface area contributed by atoms with Crippen molar-refractivity contribution < 1.29 is 4.79 Å². The van der Waals surface area contributed by atoms with E-state index in [0.29, 0.717) is 5.69 Å². The first-order chi connectivity index (χ1) is 6.80. The number of carbonyl (C=O) groups excluding carboxylic acids is 1. The molecule has 0 saturated heterocycles. The quantitative estimate of drug-likeness (QED) is 0.723. The number of carbonyl (C=O) groups is 1. The highest BCUT2D eigenvalue weighted by Crippen LogP contribution is 2.18. The highest BCUT2D eigenvalue weighted by atomic mass is 32.1. The van der Waals surface area contributed by atoms with E-state index in [9.17, 15) is 4.79 Å². The summed E-state index contributed by atoms with van der Waals surface area (Å²) in [4.78, 5) is 16.0. The number of hydrogen-bond donors (Lipinski definition) is 0. The van der Waals surface area contributed by atoms with Gasteiger partial charge in [0.25, 0.3) is 0 Å². The lowest BCUT2D eigenvalue weighted by molar-refractivity contribution is 0.111. The Balaban J connectivity index is 2.67. The van der Waals surface area contributed by atoms with E-state index < -0.39 is 0 Å². The standard InChI is InChI=1S/C9H11N3OS/c1-3-6-7(5-13)12-9(10-6)14-8(4-2)11-12/h5H,3-4H2,1-2H3. The second-order valence-corrected chi connectivity index (χ2v) is 4.00. The molecule has 0 N–H and O–H groups in total. The predicted molar refractivity (Wildman–Crippen MR) is 55.0 cm³/mol. The number of imidazole rings is 1. The third-order valence-electron chi connectivity index (χ3n) is 2.11. The van der Waals surface area contributed by atoms with Crippen LogP contribution in [-0.2, 0) is 12.8 Å². The molecule has 0 bridgehead atoms. The monoisotopic (exact) mass is 209 g/mol. The molecule has 0 aliphatic heterocycles. The SMILES string of the molecule is CCc1nn2c(C=O)c(CC)nc2s1. The third-order valence-corrected chi connectivity index (χ3v) is 3.16. The molecular weight excluding hydrogens is 198 g/mol. The Bertz CT molecular complexity index is 472. The molecule has 74 valence electrons. The third kappa shape index (κ3) is 1.24. The van der Waals surface area contributed by atoms with Crippen LogP contribution in [0.4, 0.5) is 0 Å². The van der Waals surface area contributed by atoms with Crippen molar-refractivity contribution in [3.63, 3.8) is 0 Å². The molecule has 2 aromatic rings. The average molecular weight is 209 g/mol. The molecule has 4 nitrogen and oxygen atoms in total. The number of fused-ring (bicyclic) bond motifs is 1. The Morgan fingerprint density at radius 1 is 1.43 bits per heavy atom. The maximum absolute atomic E-state index is 10.9. The molecule has 0 aromatic carbocycles. The molecule has 0 spiro atoms. The van der Waals surface area contributed by atoms with Crippen LogP contribution in [0, 0.1) is 0 Å². The number of nitrogens with zero attached hydrogens (tertiary/aromatic N) is 3. The highest BCUT2D eigenvalue weighted by Gasteiger charge is 2.13. The molecule has 2 rings (SSSR count). The Hall–Kier alpha value is -1.23. The Kier molecular flexibility index (Phi) is 2.33. The predicted octanol–water partition coefficient (Wildman–Crippen LogP) is 1.73. The summed E-state index contributed by atoms with van der Waals surface area (Å²) in [5.41, 5.74) is 1.43. The van der Waals surface area contributed by atoms with E-state index in [0.717, 1.165) is 34.8 Å². The molecular formula is C9H11N3OS. The first-order valence-electron chi connectivity index (χ1n) is 4.62. The van der Waals surface area contributed by atoms with Gasteiger partial charge in [-0.05, 0) is 12.8 Å². The zero-order valence-corrected chi connectivity index (χ0v) is 8.97. The van der Waals surface area contributed by atoms with Crippen LogP contribution in [-0.4, -0.2) is 20.9 Å². The Morgan fingerprint density at radius 2 is 2.21 bits per heavy atom. The molecule has 0 fully saturated rings. The second-order valence-electron chi connectivity index (χ2n) is 2.96. The van der Waals surface area contributed by atoms with Gasteiger partial charge in [0, 0.05) is 0 Å². The van der Waals surface area contributed by atoms with E-state index >= 15 is 0 Å². The fourth-order valence-electron chi connectivity index (χ4n) is 1.37. The van der Waals surface area contributed by atoms with Crippen LogP contribution in [0.5, 0.6) is 0 Å². The largest absolute Gasteiger partial charge is 0.296 e. The van der Waals surface area contributed by atoms with Crippen LogP contribution in [0.3, 0.4) is 0 Å². The van der Waals surface area contributed by atoms with Crippen molar-refractivity contribution in [3.8, 4) is 0 Å². The topological polar surface area (TPSA) is 47.3 Å². The van der Waals surface area contributed by atoms with Crippen molar-refractivity contribution in [1.29, 1.82) is 0 Å². The smallest absolute Gasteiger partial charge is 0.213 e. The summed E-state index contributed by atoms with van der Waals surface area (Å²) < 4.78 is 1.65. The minimum atomic E-state index is 0.596. The van der Waals surface area contributed by atoms with Crippen LogP contribution >= 0.6 is 11.3 Å². The molecule has 0 aliphatic carbocycles. The average Bonchev–Trinajstić information content (AvgIpc) is 2.72. The number of aromatic nitrogens is 3. The van der Waals surface area contributed by atoms with E-state index in [1.54, 1.807) is 15.9 Å². The lowest BCUT2D eigenvalue weighted by Gasteiger charge is -1.90. The minimum absolute atomic E-state index is 0.596. The van der Waals surface area contributed by atoms with Crippen LogP contribution in [0.2, 0.25) is 0 Å². The van der Waals surface area contributed by atoms with Gasteiger partial charge in [-0.2, -0.15) is 9.61 Å².